The van der Waals surface area contributed by atoms with Gasteiger partial charge < -0.3 is 14.6 Å². The monoisotopic (exact) mass is 321 g/mol. The molecule has 2 aliphatic heterocycles. The third kappa shape index (κ3) is 3.17. The number of aromatic nitrogens is 2. The van der Waals surface area contributed by atoms with Gasteiger partial charge >= 0.3 is 0 Å². The Morgan fingerprint density at radius 3 is 2.78 bits per heavy atom. The average Bonchev–Trinajstić information content (AvgIpc) is 2.74. The number of nitrogens with zero attached hydrogens (tertiary/aromatic N) is 3. The van der Waals surface area contributed by atoms with Crippen LogP contribution >= 0.6 is 0 Å². The normalized spacial score (nSPS) is 21.8. The van der Waals surface area contributed by atoms with Crippen LogP contribution in [0.3, 0.4) is 0 Å². The van der Waals surface area contributed by atoms with Crippen LogP contribution in [-0.4, -0.2) is 64.1 Å². The Balaban J connectivity index is 1.73. The summed E-state index contributed by atoms with van der Waals surface area (Å²) in [5.41, 5.74) is 0.199. The van der Waals surface area contributed by atoms with Gasteiger partial charge in [0.2, 0.25) is 5.88 Å². The van der Waals surface area contributed by atoms with Crippen molar-refractivity contribution in [3.63, 3.8) is 0 Å². The second-order valence-electron chi connectivity index (χ2n) is 6.54. The van der Waals surface area contributed by atoms with Crippen molar-refractivity contribution in [3.8, 4) is 5.88 Å². The molecule has 0 aliphatic carbocycles. The quantitative estimate of drug-likeness (QED) is 0.849. The maximum Gasteiger partial charge on any atom is 0.264 e. The van der Waals surface area contributed by atoms with Crippen molar-refractivity contribution in [1.82, 2.24) is 14.5 Å². The first-order valence-corrected chi connectivity index (χ1v) is 7.85. The minimum Gasteiger partial charge on any atom is -0.466 e. The smallest absolute Gasteiger partial charge is 0.264 e. The lowest BCUT2D eigenvalue weighted by Gasteiger charge is -2.28. The highest BCUT2D eigenvalue weighted by molar-refractivity contribution is 5.76. The molecule has 1 N–H and O–H groups in total. The summed E-state index contributed by atoms with van der Waals surface area (Å²) >= 11 is 0. The highest BCUT2D eigenvalue weighted by Crippen LogP contribution is 2.38. The molecule has 0 radical (unpaired) electrons. The molecule has 126 valence electrons. The van der Waals surface area contributed by atoms with Crippen molar-refractivity contribution in [2.75, 3.05) is 32.8 Å². The molecule has 7 heteroatoms. The molecule has 1 fully saturated rings. The van der Waals surface area contributed by atoms with Crippen LogP contribution in [0.15, 0.2) is 17.7 Å². The number of β-amino-alcohol motifs (C(OH)–C–C–N with tert-alkyl or cyclic N) is 1. The van der Waals surface area contributed by atoms with E-state index in [1.54, 1.807) is 0 Å². The van der Waals surface area contributed by atoms with Gasteiger partial charge in [-0.05, 0) is 13.8 Å². The lowest BCUT2D eigenvalue weighted by molar-refractivity contribution is 0.0112. The van der Waals surface area contributed by atoms with Crippen molar-refractivity contribution in [1.29, 1.82) is 0 Å². The van der Waals surface area contributed by atoms with Gasteiger partial charge in [0.1, 0.15) is 17.5 Å². The topological polar surface area (TPSA) is 76.8 Å². The molecule has 0 aromatic carbocycles. The van der Waals surface area contributed by atoms with Crippen LogP contribution in [0.5, 0.6) is 5.88 Å². The number of hydrogen-bond acceptors (Lipinski definition) is 6. The Hall–Kier alpha value is -1.70. The Morgan fingerprint density at radius 1 is 1.39 bits per heavy atom. The van der Waals surface area contributed by atoms with E-state index in [1.165, 1.54) is 10.9 Å². The summed E-state index contributed by atoms with van der Waals surface area (Å²) in [6.45, 7) is 11.3. The third-order valence-electron chi connectivity index (χ3n) is 4.36. The van der Waals surface area contributed by atoms with E-state index >= 15 is 0 Å². The van der Waals surface area contributed by atoms with Crippen LogP contribution in [0.25, 0.3) is 5.57 Å². The fraction of sp³-hybridized carbons (Fsp3) is 0.625. The van der Waals surface area contributed by atoms with Crippen molar-refractivity contribution in [2.45, 2.75) is 32.1 Å². The van der Waals surface area contributed by atoms with Gasteiger partial charge in [0.25, 0.3) is 5.56 Å². The van der Waals surface area contributed by atoms with E-state index in [1.807, 2.05) is 13.8 Å². The number of aliphatic hydroxyl groups is 1. The molecular weight excluding hydrogens is 298 g/mol. The van der Waals surface area contributed by atoms with Gasteiger partial charge in [0, 0.05) is 25.2 Å². The van der Waals surface area contributed by atoms with Gasteiger partial charge in [-0.3, -0.25) is 14.3 Å². The molecule has 1 saturated heterocycles. The van der Waals surface area contributed by atoms with Crippen LogP contribution in [0.1, 0.15) is 19.4 Å². The Labute approximate surface area is 135 Å². The molecule has 3 rings (SSSR count). The first kappa shape index (κ1) is 16.2. The molecule has 2 aliphatic rings. The summed E-state index contributed by atoms with van der Waals surface area (Å²) < 4.78 is 12.4. The van der Waals surface area contributed by atoms with Gasteiger partial charge in [-0.15, -0.1) is 0 Å². The molecular formula is C16H23N3O4. The highest BCUT2D eigenvalue weighted by atomic mass is 16.5. The van der Waals surface area contributed by atoms with Gasteiger partial charge in [-0.25, -0.2) is 4.98 Å². The van der Waals surface area contributed by atoms with Gasteiger partial charge in [-0.1, -0.05) is 6.58 Å². The summed E-state index contributed by atoms with van der Waals surface area (Å²) in [7, 11) is 0. The maximum atomic E-state index is 12.6. The summed E-state index contributed by atoms with van der Waals surface area (Å²) in [4.78, 5) is 19.0. The number of morpholine rings is 1. The Morgan fingerprint density at radius 2 is 2.09 bits per heavy atom. The highest BCUT2D eigenvalue weighted by Gasteiger charge is 2.38. The molecule has 3 heterocycles. The molecule has 23 heavy (non-hydrogen) atoms. The first-order chi connectivity index (χ1) is 10.9. The zero-order valence-corrected chi connectivity index (χ0v) is 13.6. The number of aliphatic hydroxyl groups excluding tert-OH is 1. The van der Waals surface area contributed by atoms with Crippen LogP contribution in [0.4, 0.5) is 0 Å². The predicted octanol–water partition coefficient (Wildman–Crippen LogP) is 0.121. The number of rotatable bonds is 4. The lowest BCUT2D eigenvalue weighted by atomic mass is 9.97. The fourth-order valence-corrected chi connectivity index (χ4v) is 2.91. The van der Waals surface area contributed by atoms with E-state index < -0.39 is 11.7 Å². The Kier molecular flexibility index (Phi) is 4.27. The number of ether oxygens (including phenoxy) is 2. The lowest BCUT2D eigenvalue weighted by Crippen LogP contribution is -2.42. The largest absolute Gasteiger partial charge is 0.466 e. The maximum absolute atomic E-state index is 12.6. The van der Waals surface area contributed by atoms with Crippen LogP contribution in [0.2, 0.25) is 0 Å². The minimum absolute atomic E-state index is 0.199. The van der Waals surface area contributed by atoms with E-state index in [2.05, 4.69) is 16.5 Å². The van der Waals surface area contributed by atoms with E-state index in [9.17, 15) is 9.90 Å². The second kappa shape index (κ2) is 6.07. The zero-order chi connectivity index (χ0) is 16.6. The second-order valence-corrected chi connectivity index (χ2v) is 6.54. The molecule has 7 nitrogen and oxygen atoms in total. The minimum atomic E-state index is -0.644. The fourth-order valence-electron chi connectivity index (χ4n) is 2.91. The molecule has 1 aromatic heterocycles. The van der Waals surface area contributed by atoms with Crippen LogP contribution < -0.4 is 10.3 Å². The molecule has 0 bridgehead atoms. The molecule has 0 amide bonds. The summed E-state index contributed by atoms with van der Waals surface area (Å²) in [6.07, 6.45) is 0.785. The Bertz CT molecular complexity index is 662. The predicted molar refractivity (Wildman–Crippen MR) is 85.5 cm³/mol. The number of hydrogen-bond donors (Lipinski definition) is 1. The van der Waals surface area contributed by atoms with Crippen molar-refractivity contribution >= 4 is 5.57 Å². The van der Waals surface area contributed by atoms with Crippen LogP contribution in [0, 0.1) is 0 Å². The molecule has 1 aromatic rings. The molecule has 1 unspecified atom stereocenters. The summed E-state index contributed by atoms with van der Waals surface area (Å²) in [5, 5.41) is 10.3. The first-order valence-electron chi connectivity index (χ1n) is 7.85. The number of fused-ring (bicyclic) bond motifs is 1. The summed E-state index contributed by atoms with van der Waals surface area (Å²) in [5.74, 6) is 0.323. The third-order valence-corrected chi connectivity index (χ3v) is 4.36. The average molecular weight is 321 g/mol. The van der Waals surface area contributed by atoms with Crippen LogP contribution in [-0.2, 0) is 11.3 Å². The summed E-state index contributed by atoms with van der Waals surface area (Å²) in [6, 6.07) is 0. The van der Waals surface area contributed by atoms with E-state index in [4.69, 9.17) is 9.47 Å². The van der Waals surface area contributed by atoms with Crippen molar-refractivity contribution < 1.29 is 14.6 Å². The standard InChI is InChI=1S/C16H23N3O4/c1-11-13-14(23-16(11,2)3)17-10-19(15(13)21)9-12(20)8-18-4-6-22-7-5-18/h10,12,20H,1,4-9H2,2-3H3. The molecule has 1 atom stereocenters. The van der Waals surface area contributed by atoms with E-state index in [0.29, 0.717) is 36.8 Å². The molecule has 0 spiro atoms. The van der Waals surface area contributed by atoms with E-state index in [-0.39, 0.29) is 12.1 Å². The zero-order valence-electron chi connectivity index (χ0n) is 13.6. The van der Waals surface area contributed by atoms with E-state index in [0.717, 1.165) is 13.1 Å². The molecule has 0 saturated carbocycles. The van der Waals surface area contributed by atoms with Gasteiger partial charge in [-0.2, -0.15) is 0 Å². The SMILES string of the molecule is C=C1c2c(ncn(CC(O)CN3CCOCC3)c2=O)OC1(C)C. The van der Waals surface area contributed by atoms with Gasteiger partial charge in [0.05, 0.1) is 25.9 Å². The van der Waals surface area contributed by atoms with Gasteiger partial charge in [0.15, 0.2) is 0 Å². The van der Waals surface area contributed by atoms with Crippen molar-refractivity contribution in [3.05, 3.63) is 28.8 Å². The van der Waals surface area contributed by atoms with Crippen molar-refractivity contribution in [2.24, 2.45) is 0 Å².